The Hall–Kier alpha value is -2.67. The van der Waals surface area contributed by atoms with E-state index in [1.165, 1.54) is 0 Å². The molecule has 0 unspecified atom stereocenters. The quantitative estimate of drug-likeness (QED) is 0.825. The Morgan fingerprint density at radius 1 is 1.21 bits per heavy atom. The molecular formula is C21H25N3O4. The maximum atomic E-state index is 12.8. The van der Waals surface area contributed by atoms with Gasteiger partial charge in [-0.2, -0.15) is 0 Å². The highest BCUT2D eigenvalue weighted by atomic mass is 16.5. The summed E-state index contributed by atoms with van der Waals surface area (Å²) >= 11 is 0. The fourth-order valence-electron chi connectivity index (χ4n) is 4.15. The summed E-state index contributed by atoms with van der Waals surface area (Å²) in [4.78, 5) is 27.3. The summed E-state index contributed by atoms with van der Waals surface area (Å²) in [6, 6.07) is 9.13. The summed E-state index contributed by atoms with van der Waals surface area (Å²) in [6.07, 6.45) is 2.01. The first-order chi connectivity index (χ1) is 13.4. The molecule has 0 bridgehead atoms. The van der Waals surface area contributed by atoms with Crippen LogP contribution in [-0.4, -0.2) is 53.2 Å². The van der Waals surface area contributed by atoms with Gasteiger partial charge in [-0.3, -0.25) is 9.59 Å². The van der Waals surface area contributed by atoms with E-state index in [-0.39, 0.29) is 18.2 Å². The van der Waals surface area contributed by atoms with E-state index in [1.54, 1.807) is 24.1 Å². The van der Waals surface area contributed by atoms with Crippen molar-refractivity contribution in [3.63, 3.8) is 0 Å². The zero-order valence-corrected chi connectivity index (χ0v) is 16.4. The summed E-state index contributed by atoms with van der Waals surface area (Å²) in [5, 5.41) is 7.09. The highest BCUT2D eigenvalue weighted by molar-refractivity contribution is 5.95. The van der Waals surface area contributed by atoms with Gasteiger partial charge in [0.05, 0.1) is 17.7 Å². The van der Waals surface area contributed by atoms with Crippen LogP contribution < -0.4 is 5.32 Å². The fraction of sp³-hybridized carbons (Fsp3) is 0.476. The smallest absolute Gasteiger partial charge is 0.251 e. The first-order valence-electron chi connectivity index (χ1n) is 9.52. The number of nitrogens with zero attached hydrogens (tertiary/aromatic N) is 2. The number of aromatic nitrogens is 1. The Bertz CT molecular complexity index is 876. The summed E-state index contributed by atoms with van der Waals surface area (Å²) < 4.78 is 10.9. The fourth-order valence-corrected chi connectivity index (χ4v) is 4.15. The molecule has 148 valence electrons. The Balaban J connectivity index is 1.48. The van der Waals surface area contributed by atoms with Crippen molar-refractivity contribution >= 4 is 11.8 Å². The minimum atomic E-state index is -0.553. The topological polar surface area (TPSA) is 84.7 Å². The standard InChI is InChI=1S/C21H25N3O4/c1-14-17(15(2)28-23-14)11-18(25)24-12-20(13-24,21(27-3)9-10-21)22-19(26)16-7-5-4-6-8-16/h4-8H,9-13H2,1-3H3,(H,22,26). The first kappa shape index (κ1) is 18.7. The summed E-state index contributed by atoms with van der Waals surface area (Å²) in [6.45, 7) is 4.54. The van der Waals surface area contributed by atoms with Gasteiger partial charge in [-0.15, -0.1) is 0 Å². The minimum Gasteiger partial charge on any atom is -0.376 e. The molecule has 4 rings (SSSR count). The molecule has 1 N–H and O–H groups in total. The third-order valence-electron chi connectivity index (χ3n) is 6.14. The lowest BCUT2D eigenvalue weighted by molar-refractivity contribution is -0.147. The second-order valence-electron chi connectivity index (χ2n) is 7.83. The molecule has 7 heteroatoms. The molecule has 2 aliphatic rings. The molecule has 2 aromatic rings. The average Bonchev–Trinajstić information content (AvgIpc) is 3.42. The van der Waals surface area contributed by atoms with E-state index in [0.717, 1.165) is 24.1 Å². The third-order valence-corrected chi connectivity index (χ3v) is 6.14. The monoisotopic (exact) mass is 383 g/mol. The molecule has 1 aromatic heterocycles. The number of ether oxygens (including phenoxy) is 1. The van der Waals surface area contributed by atoms with E-state index in [1.807, 2.05) is 32.0 Å². The summed E-state index contributed by atoms with van der Waals surface area (Å²) in [5.41, 5.74) is 1.24. The van der Waals surface area contributed by atoms with E-state index < -0.39 is 11.1 Å². The molecule has 0 spiro atoms. The van der Waals surface area contributed by atoms with Crippen LogP contribution in [-0.2, 0) is 16.0 Å². The Morgan fingerprint density at radius 3 is 2.43 bits per heavy atom. The molecule has 7 nitrogen and oxygen atoms in total. The van der Waals surface area contributed by atoms with Crippen LogP contribution in [0.4, 0.5) is 0 Å². The number of methoxy groups -OCH3 is 1. The summed E-state index contributed by atoms with van der Waals surface area (Å²) in [7, 11) is 1.68. The zero-order valence-electron chi connectivity index (χ0n) is 16.4. The molecule has 1 saturated heterocycles. The van der Waals surface area contributed by atoms with Gasteiger partial charge in [-0.25, -0.2) is 0 Å². The normalized spacial score (nSPS) is 19.0. The van der Waals surface area contributed by atoms with Crippen LogP contribution >= 0.6 is 0 Å². The van der Waals surface area contributed by atoms with Gasteiger partial charge in [0, 0.05) is 31.3 Å². The van der Waals surface area contributed by atoms with Crippen LogP contribution in [0.3, 0.4) is 0 Å². The largest absolute Gasteiger partial charge is 0.376 e. The molecule has 2 fully saturated rings. The van der Waals surface area contributed by atoms with Gasteiger partial charge in [-0.05, 0) is 38.8 Å². The van der Waals surface area contributed by atoms with Gasteiger partial charge in [0.15, 0.2) is 0 Å². The van der Waals surface area contributed by atoms with E-state index in [4.69, 9.17) is 9.26 Å². The van der Waals surface area contributed by atoms with Gasteiger partial charge in [0.25, 0.3) is 5.91 Å². The van der Waals surface area contributed by atoms with Crippen LogP contribution in [0.2, 0.25) is 0 Å². The average molecular weight is 383 g/mol. The molecule has 1 aliphatic carbocycles. The molecule has 2 heterocycles. The van der Waals surface area contributed by atoms with Crippen molar-refractivity contribution in [1.29, 1.82) is 0 Å². The van der Waals surface area contributed by atoms with E-state index >= 15 is 0 Å². The van der Waals surface area contributed by atoms with Crippen LogP contribution in [0.25, 0.3) is 0 Å². The maximum absolute atomic E-state index is 12.8. The predicted octanol–water partition coefficient (Wildman–Crippen LogP) is 2.02. The molecule has 28 heavy (non-hydrogen) atoms. The number of amides is 2. The van der Waals surface area contributed by atoms with Crippen molar-refractivity contribution in [3.05, 3.63) is 52.9 Å². The third kappa shape index (κ3) is 2.99. The lowest BCUT2D eigenvalue weighted by Crippen LogP contribution is -2.77. The lowest BCUT2D eigenvalue weighted by atomic mass is 9.80. The van der Waals surface area contributed by atoms with Gasteiger partial charge in [-0.1, -0.05) is 23.4 Å². The molecule has 1 aromatic carbocycles. The number of carbonyl (C=O) groups is 2. The Kier molecular flexibility index (Phi) is 4.50. The number of hydrogen-bond donors (Lipinski definition) is 1. The molecule has 1 saturated carbocycles. The van der Waals surface area contributed by atoms with Crippen LogP contribution in [0.1, 0.15) is 40.2 Å². The number of hydrogen-bond acceptors (Lipinski definition) is 5. The molecule has 2 amide bonds. The van der Waals surface area contributed by atoms with Crippen LogP contribution in [0.5, 0.6) is 0 Å². The second-order valence-corrected chi connectivity index (χ2v) is 7.83. The molecular weight excluding hydrogens is 358 g/mol. The van der Waals surface area contributed by atoms with Crippen molar-refractivity contribution in [2.75, 3.05) is 20.2 Å². The van der Waals surface area contributed by atoms with E-state index in [9.17, 15) is 9.59 Å². The number of aryl methyl sites for hydroxylation is 2. The predicted molar refractivity (Wildman–Crippen MR) is 102 cm³/mol. The molecule has 1 aliphatic heterocycles. The van der Waals surface area contributed by atoms with Gasteiger partial charge >= 0.3 is 0 Å². The second kappa shape index (κ2) is 6.74. The number of likely N-dealkylation sites (tertiary alicyclic amines) is 1. The number of rotatable bonds is 6. The van der Waals surface area contributed by atoms with Gasteiger partial charge < -0.3 is 19.5 Å². The molecule has 0 radical (unpaired) electrons. The highest BCUT2D eigenvalue weighted by Crippen LogP contribution is 2.51. The maximum Gasteiger partial charge on any atom is 0.251 e. The van der Waals surface area contributed by atoms with Gasteiger partial charge in [0.2, 0.25) is 5.91 Å². The number of nitrogens with one attached hydrogen (secondary N) is 1. The van der Waals surface area contributed by atoms with Crippen molar-refractivity contribution < 1.29 is 18.8 Å². The SMILES string of the molecule is COC1(C2(NC(=O)c3ccccc3)CN(C(=O)Cc3c(C)noc3C)C2)CC1. The van der Waals surface area contributed by atoms with Crippen LogP contribution in [0.15, 0.2) is 34.9 Å². The highest BCUT2D eigenvalue weighted by Gasteiger charge is 2.66. The minimum absolute atomic E-state index is 0.00545. The van der Waals surface area contributed by atoms with E-state index in [2.05, 4.69) is 10.5 Å². The number of benzene rings is 1. The van der Waals surface area contributed by atoms with Gasteiger partial charge in [0.1, 0.15) is 11.3 Å². The molecule has 0 atom stereocenters. The van der Waals surface area contributed by atoms with E-state index in [0.29, 0.717) is 24.4 Å². The van der Waals surface area contributed by atoms with Crippen molar-refractivity contribution in [2.24, 2.45) is 0 Å². The lowest BCUT2D eigenvalue weighted by Gasteiger charge is -2.54. The van der Waals surface area contributed by atoms with Crippen LogP contribution in [0, 0.1) is 13.8 Å². The number of carbonyl (C=O) groups excluding carboxylic acids is 2. The Labute approximate surface area is 164 Å². The van der Waals surface area contributed by atoms with Crippen molar-refractivity contribution in [2.45, 2.75) is 44.2 Å². The zero-order chi connectivity index (χ0) is 19.9. The summed E-state index contributed by atoms with van der Waals surface area (Å²) in [5.74, 6) is 0.540. The Morgan fingerprint density at radius 2 is 1.89 bits per heavy atom. The van der Waals surface area contributed by atoms with Crippen molar-refractivity contribution in [1.82, 2.24) is 15.4 Å². The van der Waals surface area contributed by atoms with Crippen molar-refractivity contribution in [3.8, 4) is 0 Å². The first-order valence-corrected chi connectivity index (χ1v) is 9.52.